The molecule has 100 valence electrons. The molecule has 0 aromatic heterocycles. The van der Waals surface area contributed by atoms with E-state index in [1.807, 2.05) is 43.4 Å². The number of aliphatic hydroxyl groups is 1. The average molecular weight is 255 g/mol. The van der Waals surface area contributed by atoms with Gasteiger partial charge in [0.1, 0.15) is 0 Å². The van der Waals surface area contributed by atoms with Gasteiger partial charge in [0.25, 0.3) is 0 Å². The van der Waals surface area contributed by atoms with Crippen molar-refractivity contribution in [1.29, 1.82) is 0 Å². The number of likely N-dealkylation sites (N-methyl/N-ethyl adjacent to an activating group) is 1. The van der Waals surface area contributed by atoms with Crippen LogP contribution in [-0.2, 0) is 6.42 Å². The van der Waals surface area contributed by atoms with E-state index in [9.17, 15) is 5.11 Å². The molecule has 0 radical (unpaired) electrons. The van der Waals surface area contributed by atoms with E-state index in [1.54, 1.807) is 0 Å². The molecule has 2 heteroatoms. The fourth-order valence-electron chi connectivity index (χ4n) is 2.28. The first-order valence-corrected chi connectivity index (χ1v) is 6.74. The molecule has 0 saturated carbocycles. The van der Waals surface area contributed by atoms with Crippen LogP contribution >= 0.6 is 0 Å². The second kappa shape index (κ2) is 7.07. The Bertz CT molecular complexity index is 469. The van der Waals surface area contributed by atoms with Gasteiger partial charge >= 0.3 is 0 Å². The normalized spacial score (nSPS) is 14.0. The summed E-state index contributed by atoms with van der Waals surface area (Å²) in [6.45, 7) is 0. The molecule has 0 saturated heterocycles. The van der Waals surface area contributed by atoms with Crippen LogP contribution in [0.2, 0.25) is 0 Å². The Balaban J connectivity index is 1.96. The summed E-state index contributed by atoms with van der Waals surface area (Å²) in [6.07, 6.45) is 1.23. The Hall–Kier alpha value is -1.64. The molecule has 2 rings (SSSR count). The third-order valence-corrected chi connectivity index (χ3v) is 3.43. The standard InChI is InChI=1S/C17H21NO/c1-18-16(12-14-8-4-2-5-9-14)13-17(19)15-10-6-3-7-11-15/h2-11,16-19H,12-13H2,1H3. The average Bonchev–Trinajstić information content (AvgIpc) is 2.48. The summed E-state index contributed by atoms with van der Waals surface area (Å²) in [7, 11) is 1.95. The lowest BCUT2D eigenvalue weighted by molar-refractivity contribution is 0.152. The second-order valence-corrected chi connectivity index (χ2v) is 4.84. The molecule has 0 spiro atoms. The van der Waals surface area contributed by atoms with Crippen molar-refractivity contribution in [2.45, 2.75) is 25.0 Å². The highest BCUT2D eigenvalue weighted by molar-refractivity contribution is 5.19. The number of hydrogen-bond acceptors (Lipinski definition) is 2. The predicted molar refractivity (Wildman–Crippen MR) is 79.0 cm³/mol. The maximum Gasteiger partial charge on any atom is 0.0805 e. The third kappa shape index (κ3) is 4.19. The molecule has 2 aromatic rings. The molecule has 2 N–H and O–H groups in total. The van der Waals surface area contributed by atoms with Gasteiger partial charge in [0.15, 0.2) is 0 Å². The number of rotatable bonds is 6. The Morgan fingerprint density at radius 1 is 0.947 bits per heavy atom. The molecule has 0 fully saturated rings. The van der Waals surface area contributed by atoms with Gasteiger partial charge in [-0.1, -0.05) is 60.7 Å². The van der Waals surface area contributed by atoms with E-state index < -0.39 is 6.10 Å². The molecule has 2 nitrogen and oxygen atoms in total. The van der Waals surface area contributed by atoms with Gasteiger partial charge in [0.05, 0.1) is 6.10 Å². The maximum absolute atomic E-state index is 10.3. The lowest BCUT2D eigenvalue weighted by atomic mass is 9.97. The van der Waals surface area contributed by atoms with Gasteiger partial charge in [-0.2, -0.15) is 0 Å². The van der Waals surface area contributed by atoms with Crippen molar-refractivity contribution in [2.24, 2.45) is 0 Å². The minimum atomic E-state index is -0.414. The zero-order valence-corrected chi connectivity index (χ0v) is 11.3. The molecular weight excluding hydrogens is 234 g/mol. The number of benzene rings is 2. The number of aliphatic hydroxyl groups excluding tert-OH is 1. The van der Waals surface area contributed by atoms with Crippen LogP contribution in [0, 0.1) is 0 Å². The Kier molecular flexibility index (Phi) is 5.13. The minimum absolute atomic E-state index is 0.276. The topological polar surface area (TPSA) is 32.3 Å². The van der Waals surface area contributed by atoms with E-state index in [-0.39, 0.29) is 6.04 Å². The Labute approximate surface area is 115 Å². The Morgan fingerprint density at radius 2 is 1.53 bits per heavy atom. The summed E-state index contributed by atoms with van der Waals surface area (Å²) in [6, 6.07) is 20.5. The van der Waals surface area contributed by atoms with E-state index in [0.29, 0.717) is 0 Å². The SMILES string of the molecule is CNC(Cc1ccccc1)CC(O)c1ccccc1. The lowest BCUT2D eigenvalue weighted by Gasteiger charge is -2.20. The first kappa shape index (κ1) is 13.8. The van der Waals surface area contributed by atoms with Crippen LogP contribution < -0.4 is 5.32 Å². The van der Waals surface area contributed by atoms with E-state index in [1.165, 1.54) is 5.56 Å². The van der Waals surface area contributed by atoms with Crippen molar-refractivity contribution < 1.29 is 5.11 Å². The first-order chi connectivity index (χ1) is 9.29. The number of nitrogens with one attached hydrogen (secondary N) is 1. The van der Waals surface area contributed by atoms with Crippen molar-refractivity contribution in [3.05, 3.63) is 71.8 Å². The third-order valence-electron chi connectivity index (χ3n) is 3.43. The quantitative estimate of drug-likeness (QED) is 0.832. The van der Waals surface area contributed by atoms with E-state index >= 15 is 0 Å². The van der Waals surface area contributed by atoms with Crippen LogP contribution in [0.25, 0.3) is 0 Å². The molecule has 0 aliphatic rings. The number of hydrogen-bond donors (Lipinski definition) is 2. The monoisotopic (exact) mass is 255 g/mol. The van der Waals surface area contributed by atoms with Crippen LogP contribution in [-0.4, -0.2) is 18.2 Å². The zero-order chi connectivity index (χ0) is 13.5. The largest absolute Gasteiger partial charge is 0.388 e. The molecular formula is C17H21NO. The van der Waals surface area contributed by atoms with E-state index in [2.05, 4.69) is 29.6 Å². The molecule has 0 heterocycles. The lowest BCUT2D eigenvalue weighted by Crippen LogP contribution is -2.29. The predicted octanol–water partition coefficient (Wildman–Crippen LogP) is 2.94. The van der Waals surface area contributed by atoms with Gasteiger partial charge < -0.3 is 10.4 Å². The summed E-state index contributed by atoms with van der Waals surface area (Å²) in [4.78, 5) is 0. The fraction of sp³-hybridized carbons (Fsp3) is 0.294. The van der Waals surface area contributed by atoms with Crippen LogP contribution in [0.3, 0.4) is 0 Å². The summed E-state index contributed by atoms with van der Waals surface area (Å²) in [5.41, 5.74) is 2.28. The van der Waals surface area contributed by atoms with Gasteiger partial charge in [0.2, 0.25) is 0 Å². The van der Waals surface area contributed by atoms with E-state index in [4.69, 9.17) is 0 Å². The second-order valence-electron chi connectivity index (χ2n) is 4.84. The summed E-state index contributed by atoms with van der Waals surface area (Å²) >= 11 is 0. The van der Waals surface area contributed by atoms with Crippen molar-refractivity contribution in [3.8, 4) is 0 Å². The maximum atomic E-state index is 10.3. The van der Waals surface area contributed by atoms with Crippen molar-refractivity contribution >= 4 is 0 Å². The van der Waals surface area contributed by atoms with Crippen molar-refractivity contribution in [3.63, 3.8) is 0 Å². The summed E-state index contributed by atoms with van der Waals surface area (Å²) < 4.78 is 0. The van der Waals surface area contributed by atoms with Crippen LogP contribution in [0.15, 0.2) is 60.7 Å². The van der Waals surface area contributed by atoms with Crippen LogP contribution in [0.5, 0.6) is 0 Å². The molecule has 2 atom stereocenters. The van der Waals surface area contributed by atoms with Gasteiger partial charge in [-0.05, 0) is 31.0 Å². The highest BCUT2D eigenvalue weighted by atomic mass is 16.3. The minimum Gasteiger partial charge on any atom is -0.388 e. The van der Waals surface area contributed by atoms with Gasteiger partial charge in [-0.25, -0.2) is 0 Å². The van der Waals surface area contributed by atoms with Crippen molar-refractivity contribution in [2.75, 3.05) is 7.05 Å². The molecule has 2 unspecified atom stereocenters. The summed E-state index contributed by atoms with van der Waals surface area (Å²) in [5.74, 6) is 0. The van der Waals surface area contributed by atoms with Crippen LogP contribution in [0.1, 0.15) is 23.7 Å². The smallest absolute Gasteiger partial charge is 0.0805 e. The van der Waals surface area contributed by atoms with Crippen LogP contribution in [0.4, 0.5) is 0 Å². The molecule has 0 bridgehead atoms. The highest BCUT2D eigenvalue weighted by Gasteiger charge is 2.14. The van der Waals surface area contributed by atoms with E-state index in [0.717, 1.165) is 18.4 Å². The summed E-state index contributed by atoms with van der Waals surface area (Å²) in [5, 5.41) is 13.6. The Morgan fingerprint density at radius 3 is 2.11 bits per heavy atom. The molecule has 0 amide bonds. The highest BCUT2D eigenvalue weighted by Crippen LogP contribution is 2.19. The van der Waals surface area contributed by atoms with Gasteiger partial charge in [-0.15, -0.1) is 0 Å². The van der Waals surface area contributed by atoms with Gasteiger partial charge in [-0.3, -0.25) is 0 Å². The molecule has 0 aliphatic carbocycles. The van der Waals surface area contributed by atoms with Gasteiger partial charge in [0, 0.05) is 6.04 Å². The zero-order valence-electron chi connectivity index (χ0n) is 11.3. The van der Waals surface area contributed by atoms with Crippen molar-refractivity contribution in [1.82, 2.24) is 5.32 Å². The fourth-order valence-corrected chi connectivity index (χ4v) is 2.28. The first-order valence-electron chi connectivity index (χ1n) is 6.74. The molecule has 0 aliphatic heterocycles. The molecule has 2 aromatic carbocycles. The molecule has 19 heavy (non-hydrogen) atoms.